The number of hydrogen-bond acceptors (Lipinski definition) is 3. The summed E-state index contributed by atoms with van der Waals surface area (Å²) in [5.41, 5.74) is 1.98. The van der Waals surface area contributed by atoms with E-state index in [9.17, 15) is 0 Å². The molecule has 2 aromatic rings. The molecule has 2 rings (SSSR count). The summed E-state index contributed by atoms with van der Waals surface area (Å²) in [5.74, 6) is 0.983. The van der Waals surface area contributed by atoms with Gasteiger partial charge in [0.1, 0.15) is 5.82 Å². The highest BCUT2D eigenvalue weighted by atomic mass is 28.3. The Morgan fingerprint density at radius 1 is 1.25 bits per heavy atom. The molecule has 5 nitrogen and oxygen atoms in total. The summed E-state index contributed by atoms with van der Waals surface area (Å²) < 4.78 is 5.69. The van der Waals surface area contributed by atoms with Crippen molar-refractivity contribution >= 4 is 8.07 Å². The van der Waals surface area contributed by atoms with Gasteiger partial charge in [0.15, 0.2) is 0 Å². The van der Waals surface area contributed by atoms with Gasteiger partial charge in [-0.05, 0) is 18.5 Å². The van der Waals surface area contributed by atoms with Gasteiger partial charge >= 0.3 is 0 Å². The van der Waals surface area contributed by atoms with E-state index in [-0.39, 0.29) is 0 Å². The van der Waals surface area contributed by atoms with Gasteiger partial charge in [-0.1, -0.05) is 19.6 Å². The molecule has 0 aliphatic carbocycles. The van der Waals surface area contributed by atoms with Crippen LogP contribution in [0.1, 0.15) is 17.2 Å². The summed E-state index contributed by atoms with van der Waals surface area (Å²) in [7, 11) is -1.000. The maximum Gasteiger partial charge on any atom is 0.106 e. The number of imidazole rings is 1. The summed E-state index contributed by atoms with van der Waals surface area (Å²) >= 11 is 0. The Labute approximate surface area is 121 Å². The molecule has 0 fully saturated rings. The third kappa shape index (κ3) is 5.30. The molecular formula is C14H23N4OSi. The second-order valence-electron chi connectivity index (χ2n) is 6.21. The minimum Gasteiger partial charge on any atom is -0.375 e. The summed E-state index contributed by atoms with van der Waals surface area (Å²) in [6, 6.07) is 3.06. The first-order valence-electron chi connectivity index (χ1n) is 7.04. The lowest BCUT2D eigenvalue weighted by Gasteiger charge is -2.14. The molecule has 0 saturated carbocycles. The summed E-state index contributed by atoms with van der Waals surface area (Å²) in [6.45, 7) is 8.50. The molecule has 0 atom stereocenters. The van der Waals surface area contributed by atoms with Crippen LogP contribution in [0.5, 0.6) is 0 Å². The van der Waals surface area contributed by atoms with Crippen molar-refractivity contribution in [2.45, 2.75) is 45.1 Å². The minimum absolute atomic E-state index is 0.594. The van der Waals surface area contributed by atoms with Crippen LogP contribution in [-0.2, 0) is 24.2 Å². The number of aromatic amines is 2. The summed E-state index contributed by atoms with van der Waals surface area (Å²) in [5, 5.41) is 6.77. The number of ether oxygens (including phenoxy) is 1. The molecular weight excluding hydrogens is 268 g/mol. The molecule has 0 bridgehead atoms. The number of aryl methyl sites for hydroxylation is 2. The fraction of sp³-hybridized carbons (Fsp3) is 0.571. The number of aromatic nitrogens is 4. The predicted molar refractivity (Wildman–Crippen MR) is 81.2 cm³/mol. The van der Waals surface area contributed by atoms with Crippen LogP contribution in [0.3, 0.4) is 0 Å². The normalized spacial score (nSPS) is 11.9. The second-order valence-corrected chi connectivity index (χ2v) is 11.8. The molecule has 0 spiro atoms. The predicted octanol–water partition coefficient (Wildman–Crippen LogP) is 2.57. The van der Waals surface area contributed by atoms with Crippen molar-refractivity contribution < 1.29 is 4.74 Å². The highest BCUT2D eigenvalue weighted by Crippen LogP contribution is 2.09. The van der Waals surface area contributed by atoms with Gasteiger partial charge in [-0.15, -0.1) is 0 Å². The molecule has 0 aromatic carbocycles. The van der Waals surface area contributed by atoms with E-state index in [1.54, 1.807) is 0 Å². The number of hydrogen-bond donors (Lipinski definition) is 2. The zero-order chi connectivity index (χ0) is 14.4. The Hall–Kier alpha value is -1.40. The third-order valence-electron chi connectivity index (χ3n) is 3.05. The van der Waals surface area contributed by atoms with Gasteiger partial charge in [0.25, 0.3) is 0 Å². The van der Waals surface area contributed by atoms with E-state index < -0.39 is 8.07 Å². The van der Waals surface area contributed by atoms with E-state index in [1.807, 2.05) is 12.3 Å². The van der Waals surface area contributed by atoms with Crippen molar-refractivity contribution in [2.75, 3.05) is 6.61 Å². The zero-order valence-electron chi connectivity index (χ0n) is 12.5. The molecule has 20 heavy (non-hydrogen) atoms. The van der Waals surface area contributed by atoms with Crippen molar-refractivity contribution in [3.05, 3.63) is 35.7 Å². The first-order chi connectivity index (χ1) is 9.53. The van der Waals surface area contributed by atoms with Crippen molar-refractivity contribution in [1.29, 1.82) is 0 Å². The van der Waals surface area contributed by atoms with Crippen LogP contribution in [-0.4, -0.2) is 34.8 Å². The van der Waals surface area contributed by atoms with Gasteiger partial charge in [-0.3, -0.25) is 5.10 Å². The average Bonchev–Trinajstić information content (AvgIpc) is 3.02. The van der Waals surface area contributed by atoms with E-state index in [4.69, 9.17) is 4.74 Å². The van der Waals surface area contributed by atoms with E-state index in [0.717, 1.165) is 36.7 Å². The summed E-state index contributed by atoms with van der Waals surface area (Å²) in [4.78, 5) is 7.72. The molecule has 109 valence electrons. The Morgan fingerprint density at radius 2 is 2.10 bits per heavy atom. The molecule has 2 N–H and O–H groups in total. The van der Waals surface area contributed by atoms with E-state index in [1.165, 1.54) is 6.04 Å². The van der Waals surface area contributed by atoms with Crippen LogP contribution in [0.15, 0.2) is 12.3 Å². The van der Waals surface area contributed by atoms with Gasteiger partial charge in [0.05, 0.1) is 24.2 Å². The molecule has 0 aliphatic heterocycles. The lowest BCUT2D eigenvalue weighted by molar-refractivity contribution is 0.130. The monoisotopic (exact) mass is 291 g/mol. The minimum atomic E-state index is -1.000. The van der Waals surface area contributed by atoms with Crippen LogP contribution in [0.25, 0.3) is 0 Å². The van der Waals surface area contributed by atoms with Gasteiger partial charge < -0.3 is 9.72 Å². The molecule has 6 heteroatoms. The number of rotatable bonds is 8. The van der Waals surface area contributed by atoms with Gasteiger partial charge in [0.2, 0.25) is 0 Å². The van der Waals surface area contributed by atoms with Crippen LogP contribution in [0, 0.1) is 6.20 Å². The molecule has 1 radical (unpaired) electrons. The second kappa shape index (κ2) is 6.85. The maximum atomic E-state index is 5.69. The SMILES string of the molecule is C[Si](C)(C)CCOCc1c[nH]c(CCc2c[c][nH]n2)n1. The van der Waals surface area contributed by atoms with Gasteiger partial charge in [0, 0.05) is 27.3 Å². The van der Waals surface area contributed by atoms with Crippen molar-refractivity contribution in [3.63, 3.8) is 0 Å². The number of H-pyrrole nitrogens is 2. The Balaban J connectivity index is 1.69. The smallest absolute Gasteiger partial charge is 0.106 e. The Kier molecular flexibility index (Phi) is 5.14. The third-order valence-corrected chi connectivity index (χ3v) is 4.76. The van der Waals surface area contributed by atoms with Crippen LogP contribution in [0.4, 0.5) is 0 Å². The first kappa shape index (κ1) is 15.0. The molecule has 0 saturated heterocycles. The molecule has 2 heterocycles. The highest BCUT2D eigenvalue weighted by molar-refractivity contribution is 6.76. The van der Waals surface area contributed by atoms with Gasteiger partial charge in [-0.2, -0.15) is 5.10 Å². The van der Waals surface area contributed by atoms with Crippen LogP contribution >= 0.6 is 0 Å². The van der Waals surface area contributed by atoms with E-state index in [0.29, 0.717) is 6.61 Å². The fourth-order valence-electron chi connectivity index (χ4n) is 1.79. The zero-order valence-corrected chi connectivity index (χ0v) is 13.5. The fourth-order valence-corrected chi connectivity index (χ4v) is 2.54. The van der Waals surface area contributed by atoms with E-state index in [2.05, 4.69) is 46.0 Å². The molecule has 0 unspecified atom stereocenters. The standard InChI is InChI=1S/C14H23N4OSi/c1-20(2,3)9-8-19-11-13-10-15-14(17-13)5-4-12-6-7-16-18-12/h6,10H,4-5,8-9,11H2,1-3H3,(H,15,17)(H,16,18). The lowest BCUT2D eigenvalue weighted by atomic mass is 10.2. The number of nitrogens with one attached hydrogen (secondary N) is 2. The Bertz CT molecular complexity index is 501. The average molecular weight is 291 g/mol. The molecule has 0 amide bonds. The van der Waals surface area contributed by atoms with Crippen LogP contribution in [0.2, 0.25) is 25.7 Å². The lowest BCUT2D eigenvalue weighted by Crippen LogP contribution is -2.21. The summed E-state index contributed by atoms with van der Waals surface area (Å²) in [6.07, 6.45) is 6.48. The number of nitrogens with zero attached hydrogens (tertiary/aromatic N) is 2. The maximum absolute atomic E-state index is 5.69. The molecule has 2 aromatic heterocycles. The topological polar surface area (TPSA) is 66.6 Å². The molecule has 0 aliphatic rings. The van der Waals surface area contributed by atoms with Crippen molar-refractivity contribution in [1.82, 2.24) is 20.2 Å². The first-order valence-corrected chi connectivity index (χ1v) is 10.7. The van der Waals surface area contributed by atoms with Crippen molar-refractivity contribution in [3.8, 4) is 0 Å². The van der Waals surface area contributed by atoms with E-state index >= 15 is 0 Å². The highest BCUT2D eigenvalue weighted by Gasteiger charge is 2.12. The van der Waals surface area contributed by atoms with Gasteiger partial charge in [-0.25, -0.2) is 4.98 Å². The largest absolute Gasteiger partial charge is 0.375 e. The quantitative estimate of drug-likeness (QED) is 0.580. The Morgan fingerprint density at radius 3 is 2.80 bits per heavy atom. The van der Waals surface area contributed by atoms with Crippen LogP contribution < -0.4 is 0 Å². The van der Waals surface area contributed by atoms with Crippen molar-refractivity contribution in [2.24, 2.45) is 0 Å².